The van der Waals surface area contributed by atoms with E-state index >= 15 is 0 Å². The first-order chi connectivity index (χ1) is 6.91. The van der Waals surface area contributed by atoms with Gasteiger partial charge in [-0.2, -0.15) is 0 Å². The van der Waals surface area contributed by atoms with Crippen molar-refractivity contribution in [3.63, 3.8) is 0 Å². The van der Waals surface area contributed by atoms with E-state index in [0.29, 0.717) is 19.6 Å². The van der Waals surface area contributed by atoms with E-state index in [0.717, 1.165) is 0 Å². The molecule has 0 saturated carbocycles. The third kappa shape index (κ3) is 13.8. The molecule has 0 bridgehead atoms. The Labute approximate surface area is 90.3 Å². The molecule has 3 atom stereocenters. The monoisotopic (exact) mass is 225 g/mol. The lowest BCUT2D eigenvalue weighted by atomic mass is 10.2. The molecule has 0 amide bonds. The molecule has 0 aliphatic carbocycles. The van der Waals surface area contributed by atoms with Crippen molar-refractivity contribution >= 4 is 0 Å². The first kappa shape index (κ1) is 17.2. The summed E-state index contributed by atoms with van der Waals surface area (Å²) in [4.78, 5) is 1.85. The minimum Gasteiger partial charge on any atom is -0.392 e. The molecule has 0 radical (unpaired) electrons. The Hall–Kier alpha value is -0.240. The summed E-state index contributed by atoms with van der Waals surface area (Å²) in [6, 6.07) is 0. The molecule has 3 unspecified atom stereocenters. The predicted octanol–water partition coefficient (Wildman–Crippen LogP) is -0.552. The fourth-order valence-corrected chi connectivity index (χ4v) is 1.34. The number of hydrogen-bond donors (Lipinski definition) is 5. The van der Waals surface area contributed by atoms with Crippen LogP contribution < -0.4 is 0 Å². The number of aliphatic hydroxyl groups is 3. The summed E-state index contributed by atoms with van der Waals surface area (Å²) >= 11 is 0. The summed E-state index contributed by atoms with van der Waals surface area (Å²) in [6.07, 6.45) is -1.30. The van der Waals surface area contributed by atoms with E-state index in [1.54, 1.807) is 20.8 Å². The van der Waals surface area contributed by atoms with Crippen molar-refractivity contribution in [3.8, 4) is 0 Å². The molecule has 15 heavy (non-hydrogen) atoms. The first-order valence-electron chi connectivity index (χ1n) is 4.88. The Balaban J connectivity index is 0. The van der Waals surface area contributed by atoms with Gasteiger partial charge >= 0.3 is 0 Å². The Morgan fingerprint density at radius 3 is 1.07 bits per heavy atom. The number of hydrogen-bond acceptors (Lipinski definition) is 6. The van der Waals surface area contributed by atoms with Gasteiger partial charge in [0, 0.05) is 19.6 Å². The standard InChI is InChI=1S/C9H21NO3.H2O2/c1-7(11)4-10(5-8(2)12)6-9(3)13;1-2/h7-9,11-13H,4-6H2,1-3H3;1-2H. The zero-order valence-electron chi connectivity index (χ0n) is 9.54. The van der Waals surface area contributed by atoms with E-state index in [9.17, 15) is 0 Å². The second-order valence-corrected chi connectivity index (χ2v) is 3.77. The molecule has 0 aromatic carbocycles. The Kier molecular flexibility index (Phi) is 11.8. The van der Waals surface area contributed by atoms with E-state index < -0.39 is 18.3 Å². The lowest BCUT2D eigenvalue weighted by Crippen LogP contribution is -2.40. The molecule has 0 fully saturated rings. The first-order valence-corrected chi connectivity index (χ1v) is 4.88. The van der Waals surface area contributed by atoms with Crippen molar-refractivity contribution < 1.29 is 25.8 Å². The smallest absolute Gasteiger partial charge is 0.0639 e. The zero-order chi connectivity index (χ0) is 12.4. The summed E-state index contributed by atoms with van der Waals surface area (Å²) in [5.41, 5.74) is 0. The topological polar surface area (TPSA) is 104 Å². The van der Waals surface area contributed by atoms with E-state index in [-0.39, 0.29) is 0 Å². The van der Waals surface area contributed by atoms with Gasteiger partial charge in [-0.1, -0.05) is 0 Å². The molecule has 6 heteroatoms. The molecule has 6 nitrogen and oxygen atoms in total. The molecule has 5 N–H and O–H groups in total. The normalized spacial score (nSPS) is 16.6. The van der Waals surface area contributed by atoms with E-state index in [2.05, 4.69) is 0 Å². The summed E-state index contributed by atoms with van der Waals surface area (Å²) in [5.74, 6) is 0. The highest BCUT2D eigenvalue weighted by Gasteiger charge is 2.12. The van der Waals surface area contributed by atoms with Gasteiger partial charge < -0.3 is 15.3 Å². The lowest BCUT2D eigenvalue weighted by Gasteiger charge is -2.25. The molecular weight excluding hydrogens is 202 g/mol. The van der Waals surface area contributed by atoms with Gasteiger partial charge in [0.2, 0.25) is 0 Å². The second-order valence-electron chi connectivity index (χ2n) is 3.77. The van der Waals surface area contributed by atoms with Crippen LogP contribution in [-0.2, 0) is 0 Å². The highest BCUT2D eigenvalue weighted by Crippen LogP contribution is 1.97. The maximum atomic E-state index is 9.14. The number of rotatable bonds is 6. The van der Waals surface area contributed by atoms with Crippen molar-refractivity contribution in [2.24, 2.45) is 0 Å². The van der Waals surface area contributed by atoms with Crippen LogP contribution >= 0.6 is 0 Å². The van der Waals surface area contributed by atoms with Crippen molar-refractivity contribution in [1.29, 1.82) is 0 Å². The largest absolute Gasteiger partial charge is 0.392 e. The summed E-state index contributed by atoms with van der Waals surface area (Å²) < 4.78 is 0. The van der Waals surface area contributed by atoms with Gasteiger partial charge in [-0.05, 0) is 20.8 Å². The van der Waals surface area contributed by atoms with Crippen LogP contribution in [0.2, 0.25) is 0 Å². The lowest BCUT2D eigenvalue weighted by molar-refractivity contribution is -0.176. The van der Waals surface area contributed by atoms with Gasteiger partial charge in [0.15, 0.2) is 0 Å². The van der Waals surface area contributed by atoms with Crippen LogP contribution in [0.15, 0.2) is 0 Å². The van der Waals surface area contributed by atoms with Crippen LogP contribution in [0, 0.1) is 0 Å². The highest BCUT2D eigenvalue weighted by molar-refractivity contribution is 4.66. The quantitative estimate of drug-likeness (QED) is 0.307. The summed E-state index contributed by atoms with van der Waals surface area (Å²) in [6.45, 7) is 6.52. The van der Waals surface area contributed by atoms with E-state index in [4.69, 9.17) is 25.8 Å². The van der Waals surface area contributed by atoms with Crippen molar-refractivity contribution in [1.82, 2.24) is 4.90 Å². The molecular formula is C9H23NO5. The molecule has 0 aliphatic rings. The Bertz CT molecular complexity index is 106. The predicted molar refractivity (Wildman–Crippen MR) is 56.7 cm³/mol. The van der Waals surface area contributed by atoms with Crippen molar-refractivity contribution in [2.45, 2.75) is 39.1 Å². The van der Waals surface area contributed by atoms with Gasteiger partial charge in [0.1, 0.15) is 0 Å². The summed E-state index contributed by atoms with van der Waals surface area (Å²) in [7, 11) is 0. The van der Waals surface area contributed by atoms with Crippen molar-refractivity contribution in [3.05, 3.63) is 0 Å². The maximum absolute atomic E-state index is 9.14. The van der Waals surface area contributed by atoms with E-state index in [1.807, 2.05) is 4.90 Å². The van der Waals surface area contributed by atoms with Gasteiger partial charge in [0.05, 0.1) is 18.3 Å². The van der Waals surface area contributed by atoms with Gasteiger partial charge in [-0.3, -0.25) is 15.4 Å². The number of aliphatic hydroxyl groups excluding tert-OH is 3. The molecule has 0 aromatic heterocycles. The van der Waals surface area contributed by atoms with Crippen molar-refractivity contribution in [2.75, 3.05) is 19.6 Å². The van der Waals surface area contributed by atoms with Crippen LogP contribution in [0.25, 0.3) is 0 Å². The fourth-order valence-electron chi connectivity index (χ4n) is 1.34. The minimum atomic E-state index is -0.433. The van der Waals surface area contributed by atoms with Crippen LogP contribution in [0.1, 0.15) is 20.8 Å². The molecule has 0 rings (SSSR count). The average molecular weight is 225 g/mol. The molecule has 94 valence electrons. The third-order valence-electron chi connectivity index (χ3n) is 1.57. The molecule has 0 heterocycles. The maximum Gasteiger partial charge on any atom is 0.0639 e. The Morgan fingerprint density at radius 1 is 0.733 bits per heavy atom. The average Bonchev–Trinajstić information content (AvgIpc) is 2.03. The van der Waals surface area contributed by atoms with Crippen LogP contribution in [-0.4, -0.2) is 68.7 Å². The van der Waals surface area contributed by atoms with E-state index in [1.165, 1.54) is 0 Å². The second kappa shape index (κ2) is 10.3. The molecule has 0 saturated heterocycles. The van der Waals surface area contributed by atoms with Crippen LogP contribution in [0.4, 0.5) is 0 Å². The third-order valence-corrected chi connectivity index (χ3v) is 1.57. The SMILES string of the molecule is CC(O)CN(CC(C)O)CC(C)O.OO. The van der Waals surface area contributed by atoms with Crippen LogP contribution in [0.5, 0.6) is 0 Å². The Morgan fingerprint density at radius 2 is 0.933 bits per heavy atom. The minimum absolute atomic E-state index is 0.433. The highest BCUT2D eigenvalue weighted by atomic mass is 17.0. The molecule has 0 aromatic rings. The summed E-state index contributed by atoms with van der Waals surface area (Å²) in [5, 5.41) is 39.4. The molecule has 0 spiro atoms. The van der Waals surface area contributed by atoms with Gasteiger partial charge in [-0.25, -0.2) is 0 Å². The van der Waals surface area contributed by atoms with Gasteiger partial charge in [0.25, 0.3) is 0 Å². The van der Waals surface area contributed by atoms with Crippen LogP contribution in [0.3, 0.4) is 0 Å². The number of nitrogens with zero attached hydrogens (tertiary/aromatic N) is 1. The fraction of sp³-hybridized carbons (Fsp3) is 1.00. The molecule has 0 aliphatic heterocycles. The van der Waals surface area contributed by atoms with Gasteiger partial charge in [-0.15, -0.1) is 0 Å². The zero-order valence-corrected chi connectivity index (χ0v) is 9.54.